The molecule has 0 fully saturated rings. The van der Waals surface area contributed by atoms with Crippen LogP contribution in [0.25, 0.3) is 21.5 Å². The van der Waals surface area contributed by atoms with E-state index in [-0.39, 0.29) is 14.7 Å². The Morgan fingerprint density at radius 2 is 0.942 bits per heavy atom. The minimum absolute atomic E-state index is 0.102. The largest absolute Gasteiger partial charge is 0.486 e. The lowest BCUT2D eigenvalue weighted by Crippen LogP contribution is -2.63. The third-order valence-electron chi connectivity index (χ3n) is 8.25. The Morgan fingerprint density at radius 3 is 1.40 bits per heavy atom. The second kappa shape index (κ2) is 13.7. The highest BCUT2D eigenvalue weighted by molar-refractivity contribution is 8.32. The number of thioether (sulfide) groups is 1. The molecule has 3 nitrogen and oxygen atoms in total. The number of hydrogen-bond acceptors (Lipinski definition) is 3. The summed E-state index contributed by atoms with van der Waals surface area (Å²) >= 11 is 1.39. The normalized spacial score (nSPS) is 13.8. The predicted octanol–water partition coefficient (Wildman–Crippen LogP) is 12.3. The zero-order valence-corrected chi connectivity index (χ0v) is 28.8. The first-order chi connectivity index (χ1) is 24.4. The second-order valence-corrected chi connectivity index (χ2v) is 17.2. The Kier molecular flexibility index (Phi) is 9.87. The molecule has 0 heterocycles. The van der Waals surface area contributed by atoms with Gasteiger partial charge in [-0.3, -0.25) is 3.63 Å². The molecule has 6 aromatic rings. The predicted molar refractivity (Wildman–Crippen MR) is 185 cm³/mol. The minimum Gasteiger partial charge on any atom is -0.257 e. The number of rotatable bonds is 11. The third-order valence-corrected chi connectivity index (χ3v) is 14.7. The number of fused-ring (bicyclic) bond motifs is 2. The fourth-order valence-corrected chi connectivity index (χ4v) is 12.1. The van der Waals surface area contributed by atoms with Crippen LogP contribution in [-0.2, 0) is 15.9 Å². The van der Waals surface area contributed by atoms with Crippen molar-refractivity contribution in [2.24, 2.45) is 0 Å². The van der Waals surface area contributed by atoms with Crippen molar-refractivity contribution in [2.75, 3.05) is 0 Å². The van der Waals surface area contributed by atoms with Crippen LogP contribution in [0.4, 0.5) is 39.5 Å². The topological polar surface area (TPSA) is 46.9 Å². The molecule has 1 N–H and O–H groups in total. The molecule has 0 saturated carbocycles. The summed E-state index contributed by atoms with van der Waals surface area (Å²) in [5.41, 5.74) is 1.02. The summed E-state index contributed by atoms with van der Waals surface area (Å²) in [6.45, 7) is 0. The van der Waals surface area contributed by atoms with Gasteiger partial charge in [-0.2, -0.15) is 39.5 Å². The second-order valence-electron chi connectivity index (χ2n) is 11.5. The molecule has 0 bridgehead atoms. The summed E-state index contributed by atoms with van der Waals surface area (Å²) in [5, 5.41) is -2.94. The number of alkyl halides is 9. The SMILES string of the molecule is O=S(=O)([OH+]S(c1ccccc1)(c1ccccc1)c1ccc(SCc2c3ccccc3cc3ccccc23)cc1)C(F)(F)C(F)(F)C(F)(F)C(F)(F)F. The van der Waals surface area contributed by atoms with Crippen LogP contribution in [0, 0.1) is 0 Å². The van der Waals surface area contributed by atoms with Crippen molar-refractivity contribution in [3.05, 3.63) is 145 Å². The van der Waals surface area contributed by atoms with Gasteiger partial charge >= 0.3 is 33.4 Å². The molecule has 272 valence electrons. The van der Waals surface area contributed by atoms with E-state index in [4.69, 9.17) is 0 Å². The van der Waals surface area contributed by atoms with Gasteiger partial charge in [-0.1, -0.05) is 84.9 Å². The van der Waals surface area contributed by atoms with Gasteiger partial charge in [0.2, 0.25) is 0 Å². The van der Waals surface area contributed by atoms with E-state index in [0.29, 0.717) is 10.6 Å². The average molecular weight is 786 g/mol. The van der Waals surface area contributed by atoms with E-state index in [1.165, 1.54) is 96.7 Å². The summed E-state index contributed by atoms with van der Waals surface area (Å²) in [5.74, 6) is -14.4. The Balaban J connectivity index is 1.45. The highest BCUT2D eigenvalue weighted by Crippen LogP contribution is 2.69. The molecule has 6 aromatic carbocycles. The monoisotopic (exact) mass is 785 g/mol. The summed E-state index contributed by atoms with van der Waals surface area (Å²) < 4.78 is 156. The number of hydrogen-bond donors (Lipinski definition) is 0. The molecule has 6 rings (SSSR count). The van der Waals surface area contributed by atoms with E-state index in [9.17, 15) is 39.2 Å². The van der Waals surface area contributed by atoms with Crippen LogP contribution in [0.2, 0.25) is 0 Å². The third kappa shape index (κ3) is 6.31. The first kappa shape index (κ1) is 37.6. The van der Waals surface area contributed by atoms with Gasteiger partial charge in [-0.05, 0) is 81.7 Å². The zero-order valence-electron chi connectivity index (χ0n) is 26.4. The maximum atomic E-state index is 15.2. The van der Waals surface area contributed by atoms with Crippen LogP contribution in [0.15, 0.2) is 159 Å². The van der Waals surface area contributed by atoms with E-state index in [1.54, 1.807) is 0 Å². The van der Waals surface area contributed by atoms with Crippen molar-refractivity contribution in [2.45, 2.75) is 48.6 Å². The van der Waals surface area contributed by atoms with E-state index in [2.05, 4.69) is 9.70 Å². The minimum atomic E-state index is -7.44. The molecule has 0 aliphatic carbocycles. The molecule has 0 aromatic heterocycles. The quantitative estimate of drug-likeness (QED) is 0.0432. The van der Waals surface area contributed by atoms with Gasteiger partial charge in [-0.25, -0.2) is 0 Å². The Morgan fingerprint density at radius 1 is 0.519 bits per heavy atom. The standard InChI is InChI=1S/C37H25F9O3S3/c38-34(39,36(42,43)44)35(40,41)37(45,46)52(47,48)49-51(28-13-3-1-4-14-28,29-15-5-2-6-16-29)30-21-19-27(20-22-30)50-24-33-31-17-9-7-11-25(31)23-26-12-8-10-18-32(26)33/h1-23H,24H2/p+1. The lowest BCUT2D eigenvalue weighted by atomic mass is 9.98. The van der Waals surface area contributed by atoms with Crippen LogP contribution in [0.5, 0.6) is 0 Å². The van der Waals surface area contributed by atoms with Gasteiger partial charge in [0.1, 0.15) is 0 Å². The molecule has 0 aliphatic rings. The lowest BCUT2D eigenvalue weighted by molar-refractivity contribution is -0.382. The van der Waals surface area contributed by atoms with Crippen LogP contribution < -0.4 is 0 Å². The van der Waals surface area contributed by atoms with Crippen molar-refractivity contribution >= 4 is 53.7 Å². The van der Waals surface area contributed by atoms with Crippen molar-refractivity contribution in [3.8, 4) is 0 Å². The summed E-state index contributed by atoms with van der Waals surface area (Å²) in [6.07, 6.45) is -7.22. The van der Waals surface area contributed by atoms with Crippen molar-refractivity contribution < 1.29 is 51.6 Å². The smallest absolute Gasteiger partial charge is 0.257 e. The molecular formula is C37H26F9O3S3+. The summed E-state index contributed by atoms with van der Waals surface area (Å²) in [4.78, 5) is 0.318. The average Bonchev–Trinajstić information content (AvgIpc) is 3.12. The molecule has 0 aliphatic heterocycles. The first-order valence-electron chi connectivity index (χ1n) is 15.2. The Labute approximate surface area is 298 Å². The van der Waals surface area contributed by atoms with E-state index in [1.807, 2.05) is 48.5 Å². The molecule has 0 amide bonds. The van der Waals surface area contributed by atoms with Gasteiger partial charge in [0.25, 0.3) is 0 Å². The molecule has 0 saturated heterocycles. The van der Waals surface area contributed by atoms with Crippen LogP contribution in [0.1, 0.15) is 5.56 Å². The fraction of sp³-hybridized carbons (Fsp3) is 0.135. The fourth-order valence-electron chi connectivity index (χ4n) is 5.64. The zero-order chi connectivity index (χ0) is 37.6. The van der Waals surface area contributed by atoms with Crippen molar-refractivity contribution in [1.82, 2.24) is 0 Å². The van der Waals surface area contributed by atoms with E-state index >= 15 is 8.78 Å². The Hall–Kier alpha value is -4.18. The van der Waals surface area contributed by atoms with Crippen molar-refractivity contribution in [3.63, 3.8) is 0 Å². The van der Waals surface area contributed by atoms with Crippen LogP contribution >= 0.6 is 22.1 Å². The highest BCUT2D eigenvalue weighted by atomic mass is 32.3. The summed E-state index contributed by atoms with van der Waals surface area (Å²) in [6, 6.07) is 37.0. The molecule has 0 spiro atoms. The Bertz CT molecular complexity index is 2220. The van der Waals surface area contributed by atoms with Crippen LogP contribution in [-0.4, -0.2) is 35.3 Å². The number of benzene rings is 6. The molecule has 52 heavy (non-hydrogen) atoms. The van der Waals surface area contributed by atoms with Crippen LogP contribution in [0.3, 0.4) is 0 Å². The molecule has 0 unspecified atom stereocenters. The highest BCUT2D eigenvalue weighted by Gasteiger charge is 2.88. The maximum absolute atomic E-state index is 15.2. The van der Waals surface area contributed by atoms with E-state index < -0.39 is 43.7 Å². The molecule has 15 heteroatoms. The molecule has 0 atom stereocenters. The van der Waals surface area contributed by atoms with Crippen molar-refractivity contribution in [1.29, 1.82) is 0 Å². The molecular weight excluding hydrogens is 760 g/mol. The van der Waals surface area contributed by atoms with Gasteiger partial charge in [-0.15, -0.1) is 20.2 Å². The van der Waals surface area contributed by atoms with Gasteiger partial charge < -0.3 is 0 Å². The number of halogens is 9. The molecule has 0 radical (unpaired) electrons. The maximum Gasteiger partial charge on any atom is 0.486 e. The van der Waals surface area contributed by atoms with Gasteiger partial charge in [0.15, 0.2) is 0 Å². The lowest BCUT2D eigenvalue weighted by Gasteiger charge is -2.37. The van der Waals surface area contributed by atoms with Gasteiger partial charge in [0.05, 0.1) is 25.0 Å². The van der Waals surface area contributed by atoms with Gasteiger partial charge in [0, 0.05) is 10.6 Å². The first-order valence-corrected chi connectivity index (χ1v) is 19.2. The van der Waals surface area contributed by atoms with E-state index in [0.717, 1.165) is 27.1 Å². The summed E-state index contributed by atoms with van der Waals surface area (Å²) in [7, 11) is -11.1.